The van der Waals surface area contributed by atoms with Gasteiger partial charge in [0.2, 0.25) is 0 Å². The number of ether oxygens (including phenoxy) is 1. The quantitative estimate of drug-likeness (QED) is 0.596. The number of hydrogen-bond acceptors (Lipinski definition) is 2. The first-order chi connectivity index (χ1) is 12.2. The minimum atomic E-state index is -0.224. The first kappa shape index (κ1) is 18.4. The molecule has 0 radical (unpaired) electrons. The van der Waals surface area contributed by atoms with Crippen molar-refractivity contribution in [1.29, 1.82) is 0 Å². The van der Waals surface area contributed by atoms with Gasteiger partial charge in [-0.15, -0.1) is 0 Å². The minimum absolute atomic E-state index is 0.224. The van der Waals surface area contributed by atoms with E-state index < -0.39 is 0 Å². The molecule has 0 spiro atoms. The average Bonchev–Trinajstić information content (AvgIpc) is 2.89. The van der Waals surface area contributed by atoms with Gasteiger partial charge < -0.3 is 10.1 Å². The summed E-state index contributed by atoms with van der Waals surface area (Å²) in [5.74, 6) is 0.588. The maximum atomic E-state index is 13.8. The van der Waals surface area contributed by atoms with Crippen LogP contribution in [0.1, 0.15) is 49.7 Å². The molecule has 0 heterocycles. The Morgan fingerprint density at radius 3 is 2.52 bits per heavy atom. The van der Waals surface area contributed by atoms with Crippen molar-refractivity contribution in [3.05, 3.63) is 63.9 Å². The van der Waals surface area contributed by atoms with E-state index in [1.165, 1.54) is 44.6 Å². The first-order valence-electron chi connectivity index (χ1n) is 9.10. The Morgan fingerprint density at radius 2 is 1.76 bits per heavy atom. The molecule has 2 nitrogen and oxygen atoms in total. The van der Waals surface area contributed by atoms with E-state index in [0.29, 0.717) is 11.6 Å². The monoisotopic (exact) mass is 405 g/mol. The van der Waals surface area contributed by atoms with E-state index in [1.54, 1.807) is 12.1 Å². The summed E-state index contributed by atoms with van der Waals surface area (Å²) in [6.07, 6.45) is 7.83. The zero-order valence-corrected chi connectivity index (χ0v) is 16.0. The summed E-state index contributed by atoms with van der Waals surface area (Å²) in [5, 5.41) is 3.68. The first-order valence-corrected chi connectivity index (χ1v) is 9.89. The van der Waals surface area contributed by atoms with Gasteiger partial charge in [-0.1, -0.05) is 59.8 Å². The Balaban J connectivity index is 1.64. The summed E-state index contributed by atoms with van der Waals surface area (Å²) in [7, 11) is 0. The highest BCUT2D eigenvalue weighted by atomic mass is 79.9. The normalized spacial score (nSPS) is 15.8. The van der Waals surface area contributed by atoms with Crippen LogP contribution in [0, 0.1) is 5.82 Å². The zero-order valence-electron chi connectivity index (χ0n) is 14.4. The van der Waals surface area contributed by atoms with E-state index in [-0.39, 0.29) is 12.4 Å². The van der Waals surface area contributed by atoms with Crippen LogP contribution in [0.2, 0.25) is 0 Å². The van der Waals surface area contributed by atoms with Crippen LogP contribution in [0.15, 0.2) is 46.9 Å². The molecule has 3 rings (SSSR count). The molecule has 134 valence electrons. The molecule has 0 saturated heterocycles. The molecule has 1 fully saturated rings. The number of hydrogen-bond donors (Lipinski definition) is 1. The fourth-order valence-electron chi connectivity index (χ4n) is 3.34. The van der Waals surface area contributed by atoms with Crippen LogP contribution in [0.4, 0.5) is 4.39 Å². The maximum Gasteiger partial charge on any atom is 0.129 e. The van der Waals surface area contributed by atoms with Crippen molar-refractivity contribution < 1.29 is 9.13 Å². The molecule has 1 aliphatic rings. The van der Waals surface area contributed by atoms with E-state index in [0.717, 1.165) is 22.3 Å². The van der Waals surface area contributed by atoms with Crippen molar-refractivity contribution in [2.24, 2.45) is 0 Å². The Bertz CT molecular complexity index is 683. The lowest BCUT2D eigenvalue weighted by Crippen LogP contribution is -2.28. The SMILES string of the molecule is Fc1ccccc1COc1ccc(Br)cc1CNC1CCCCCC1. The minimum Gasteiger partial charge on any atom is -0.488 e. The van der Waals surface area contributed by atoms with E-state index >= 15 is 0 Å². The topological polar surface area (TPSA) is 21.3 Å². The fraction of sp³-hybridized carbons (Fsp3) is 0.429. The molecule has 0 bridgehead atoms. The molecule has 1 N–H and O–H groups in total. The summed E-state index contributed by atoms with van der Waals surface area (Å²) < 4.78 is 20.7. The van der Waals surface area contributed by atoms with Gasteiger partial charge in [0.15, 0.2) is 0 Å². The van der Waals surface area contributed by atoms with E-state index in [2.05, 4.69) is 27.3 Å². The zero-order chi connectivity index (χ0) is 17.5. The van der Waals surface area contributed by atoms with Crippen molar-refractivity contribution in [3.8, 4) is 5.75 Å². The summed E-state index contributed by atoms with van der Waals surface area (Å²) in [6.45, 7) is 1.02. The van der Waals surface area contributed by atoms with E-state index in [4.69, 9.17) is 4.74 Å². The second kappa shape index (κ2) is 9.35. The smallest absolute Gasteiger partial charge is 0.129 e. The molecule has 1 aliphatic carbocycles. The molecular weight excluding hydrogens is 381 g/mol. The van der Waals surface area contributed by atoms with Crippen LogP contribution in [0.25, 0.3) is 0 Å². The fourth-order valence-corrected chi connectivity index (χ4v) is 3.74. The molecule has 0 amide bonds. The van der Waals surface area contributed by atoms with Gasteiger partial charge in [0.1, 0.15) is 18.2 Å². The molecular formula is C21H25BrFNO. The molecule has 1 saturated carbocycles. The van der Waals surface area contributed by atoms with Gasteiger partial charge in [-0.2, -0.15) is 0 Å². The number of halogens is 2. The van der Waals surface area contributed by atoms with Crippen molar-refractivity contribution >= 4 is 15.9 Å². The molecule has 25 heavy (non-hydrogen) atoms. The van der Waals surface area contributed by atoms with Crippen LogP contribution in [0.3, 0.4) is 0 Å². The second-order valence-electron chi connectivity index (χ2n) is 6.70. The summed E-state index contributed by atoms with van der Waals surface area (Å²) in [4.78, 5) is 0. The van der Waals surface area contributed by atoms with Gasteiger partial charge in [0, 0.05) is 28.2 Å². The van der Waals surface area contributed by atoms with Gasteiger partial charge in [-0.3, -0.25) is 0 Å². The summed E-state index contributed by atoms with van der Waals surface area (Å²) in [6, 6.07) is 13.3. The summed E-state index contributed by atoms with van der Waals surface area (Å²) >= 11 is 3.54. The van der Waals surface area contributed by atoms with Crippen LogP contribution in [0.5, 0.6) is 5.75 Å². The second-order valence-corrected chi connectivity index (χ2v) is 7.62. The molecule has 0 aromatic heterocycles. The predicted molar refractivity (Wildman–Crippen MR) is 103 cm³/mol. The van der Waals surface area contributed by atoms with Crippen LogP contribution in [-0.2, 0) is 13.2 Å². The van der Waals surface area contributed by atoms with Gasteiger partial charge >= 0.3 is 0 Å². The molecule has 0 atom stereocenters. The third-order valence-electron chi connectivity index (χ3n) is 4.80. The van der Waals surface area contributed by atoms with Gasteiger partial charge in [-0.25, -0.2) is 4.39 Å². The third kappa shape index (κ3) is 5.55. The highest BCUT2D eigenvalue weighted by Gasteiger charge is 2.13. The van der Waals surface area contributed by atoms with Crippen molar-refractivity contribution in [2.75, 3.05) is 0 Å². The molecule has 0 unspecified atom stereocenters. The lowest BCUT2D eigenvalue weighted by molar-refractivity contribution is 0.295. The standard InChI is InChI=1S/C21H25BrFNO/c22-18-11-12-21(25-15-16-7-5-6-10-20(16)23)17(13-18)14-24-19-8-3-1-2-4-9-19/h5-7,10-13,19,24H,1-4,8-9,14-15H2. The lowest BCUT2D eigenvalue weighted by atomic mass is 10.1. The van der Waals surface area contributed by atoms with Crippen LogP contribution >= 0.6 is 15.9 Å². The van der Waals surface area contributed by atoms with Crippen molar-refractivity contribution in [2.45, 2.75) is 57.7 Å². The van der Waals surface area contributed by atoms with Gasteiger partial charge in [-0.05, 0) is 37.1 Å². The van der Waals surface area contributed by atoms with Crippen molar-refractivity contribution in [3.63, 3.8) is 0 Å². The molecule has 2 aromatic carbocycles. The van der Waals surface area contributed by atoms with Crippen molar-refractivity contribution in [1.82, 2.24) is 5.32 Å². The van der Waals surface area contributed by atoms with E-state index in [9.17, 15) is 4.39 Å². The molecule has 0 aliphatic heterocycles. The Hall–Kier alpha value is -1.39. The third-order valence-corrected chi connectivity index (χ3v) is 5.29. The Kier molecular flexibility index (Phi) is 6.88. The number of benzene rings is 2. The Morgan fingerprint density at radius 1 is 1.00 bits per heavy atom. The highest BCUT2D eigenvalue weighted by molar-refractivity contribution is 9.10. The number of rotatable bonds is 6. The highest BCUT2D eigenvalue weighted by Crippen LogP contribution is 2.25. The van der Waals surface area contributed by atoms with Crippen LogP contribution in [-0.4, -0.2) is 6.04 Å². The Labute approximate surface area is 157 Å². The number of nitrogens with one attached hydrogen (secondary N) is 1. The largest absolute Gasteiger partial charge is 0.488 e. The lowest BCUT2D eigenvalue weighted by Gasteiger charge is -2.18. The predicted octanol–water partition coefficient (Wildman–Crippen LogP) is 5.98. The van der Waals surface area contributed by atoms with Gasteiger partial charge in [0.05, 0.1) is 0 Å². The summed E-state index contributed by atoms with van der Waals surface area (Å²) in [5.41, 5.74) is 1.68. The molecule has 4 heteroatoms. The van der Waals surface area contributed by atoms with Crippen LogP contribution < -0.4 is 10.1 Å². The average molecular weight is 406 g/mol. The maximum absolute atomic E-state index is 13.8. The van der Waals surface area contributed by atoms with E-state index in [1.807, 2.05) is 18.2 Å². The molecule has 2 aromatic rings. The van der Waals surface area contributed by atoms with Gasteiger partial charge in [0.25, 0.3) is 0 Å².